The molecule has 0 atom stereocenters. The first kappa shape index (κ1) is 14.7. The van der Waals surface area contributed by atoms with Crippen LogP contribution in [0.15, 0.2) is 46.9 Å². The predicted molar refractivity (Wildman–Crippen MR) is 79.7 cm³/mol. The van der Waals surface area contributed by atoms with Crippen LogP contribution in [-0.2, 0) is 6.42 Å². The lowest BCUT2D eigenvalue weighted by atomic mass is 10.0. The second kappa shape index (κ2) is 6.66. The Morgan fingerprint density at radius 2 is 2.05 bits per heavy atom. The normalized spacial score (nSPS) is 10.3. The van der Waals surface area contributed by atoms with Gasteiger partial charge in [0.05, 0.1) is 6.61 Å². The smallest absolute Gasteiger partial charge is 0.167 e. The highest BCUT2D eigenvalue weighted by atomic mass is 79.9. The van der Waals surface area contributed by atoms with E-state index in [1.165, 1.54) is 6.07 Å². The molecule has 0 saturated carbocycles. The van der Waals surface area contributed by atoms with Crippen molar-refractivity contribution in [1.29, 1.82) is 0 Å². The van der Waals surface area contributed by atoms with E-state index in [1.807, 2.05) is 6.92 Å². The van der Waals surface area contributed by atoms with Crippen LogP contribution in [0.25, 0.3) is 0 Å². The zero-order valence-electron chi connectivity index (χ0n) is 11.0. The zero-order chi connectivity index (χ0) is 14.5. The molecule has 104 valence electrons. The third-order valence-corrected chi connectivity index (χ3v) is 3.33. The first-order valence-electron chi connectivity index (χ1n) is 6.30. The highest BCUT2D eigenvalue weighted by Crippen LogP contribution is 2.19. The van der Waals surface area contributed by atoms with Crippen molar-refractivity contribution in [2.45, 2.75) is 13.3 Å². The van der Waals surface area contributed by atoms with Crippen LogP contribution in [0.3, 0.4) is 0 Å². The topological polar surface area (TPSA) is 26.3 Å². The molecule has 0 aliphatic rings. The number of rotatable bonds is 5. The number of hydrogen-bond donors (Lipinski definition) is 0. The molecule has 4 heteroatoms. The Morgan fingerprint density at radius 3 is 2.75 bits per heavy atom. The summed E-state index contributed by atoms with van der Waals surface area (Å²) in [7, 11) is 0. The van der Waals surface area contributed by atoms with E-state index >= 15 is 0 Å². The van der Waals surface area contributed by atoms with Gasteiger partial charge in [-0.15, -0.1) is 0 Å². The second-order valence-corrected chi connectivity index (χ2v) is 5.21. The fraction of sp³-hybridized carbons (Fsp3) is 0.188. The number of Topliss-reactive ketones (excluding diaryl/α,β-unsaturated/α-hetero) is 1. The van der Waals surface area contributed by atoms with Crippen LogP contribution in [0, 0.1) is 5.82 Å². The van der Waals surface area contributed by atoms with Crippen LogP contribution >= 0.6 is 15.9 Å². The van der Waals surface area contributed by atoms with Gasteiger partial charge in [-0.25, -0.2) is 4.39 Å². The fourth-order valence-corrected chi connectivity index (χ4v) is 2.20. The van der Waals surface area contributed by atoms with Gasteiger partial charge >= 0.3 is 0 Å². The monoisotopic (exact) mass is 336 g/mol. The summed E-state index contributed by atoms with van der Waals surface area (Å²) in [6.07, 6.45) is 0.0364. The quantitative estimate of drug-likeness (QED) is 0.756. The number of carbonyl (C=O) groups excluding carboxylic acids is 1. The third kappa shape index (κ3) is 3.67. The van der Waals surface area contributed by atoms with E-state index in [0.717, 1.165) is 0 Å². The molecular weight excluding hydrogens is 323 g/mol. The standard InChI is InChI=1S/C16H14BrFO2/c1-2-20-14-5-3-4-12(8-14)16(19)9-11-6-7-13(17)10-15(11)18/h3-8,10H,2,9H2,1H3. The highest BCUT2D eigenvalue weighted by Gasteiger charge is 2.11. The zero-order valence-corrected chi connectivity index (χ0v) is 12.6. The molecule has 2 nitrogen and oxygen atoms in total. The number of hydrogen-bond acceptors (Lipinski definition) is 2. The molecular formula is C16H14BrFO2. The van der Waals surface area contributed by atoms with Gasteiger partial charge in [0.1, 0.15) is 11.6 Å². The lowest BCUT2D eigenvalue weighted by molar-refractivity contribution is 0.0991. The van der Waals surface area contributed by atoms with Crippen molar-refractivity contribution in [3.63, 3.8) is 0 Å². The SMILES string of the molecule is CCOc1cccc(C(=O)Cc2ccc(Br)cc2F)c1. The molecule has 0 aliphatic carbocycles. The van der Waals surface area contributed by atoms with Crippen molar-refractivity contribution >= 4 is 21.7 Å². The number of ether oxygens (including phenoxy) is 1. The summed E-state index contributed by atoms with van der Waals surface area (Å²) in [5.74, 6) is 0.135. The minimum absolute atomic E-state index is 0.0364. The van der Waals surface area contributed by atoms with Gasteiger partial charge in [-0.1, -0.05) is 34.1 Å². The second-order valence-electron chi connectivity index (χ2n) is 4.30. The van der Waals surface area contributed by atoms with Crippen LogP contribution in [0.1, 0.15) is 22.8 Å². The van der Waals surface area contributed by atoms with E-state index in [1.54, 1.807) is 36.4 Å². The van der Waals surface area contributed by atoms with Gasteiger partial charge in [-0.3, -0.25) is 4.79 Å². The number of ketones is 1. The van der Waals surface area contributed by atoms with Gasteiger partial charge in [0.2, 0.25) is 0 Å². The van der Waals surface area contributed by atoms with E-state index in [2.05, 4.69) is 15.9 Å². The van der Waals surface area contributed by atoms with Gasteiger partial charge in [0, 0.05) is 16.5 Å². The molecule has 2 aromatic rings. The minimum Gasteiger partial charge on any atom is -0.494 e. The molecule has 0 aromatic heterocycles. The van der Waals surface area contributed by atoms with Crippen molar-refractivity contribution in [1.82, 2.24) is 0 Å². The average Bonchev–Trinajstić information content (AvgIpc) is 2.42. The lowest BCUT2D eigenvalue weighted by Gasteiger charge is -2.06. The number of halogens is 2. The van der Waals surface area contributed by atoms with E-state index in [0.29, 0.717) is 28.0 Å². The molecule has 0 spiro atoms. The molecule has 2 rings (SSSR count). The Morgan fingerprint density at radius 1 is 1.25 bits per heavy atom. The van der Waals surface area contributed by atoms with Crippen LogP contribution in [-0.4, -0.2) is 12.4 Å². The predicted octanol–water partition coefficient (Wildman–Crippen LogP) is 4.41. The van der Waals surface area contributed by atoms with E-state index in [9.17, 15) is 9.18 Å². The summed E-state index contributed by atoms with van der Waals surface area (Å²) in [5.41, 5.74) is 0.915. The molecule has 0 fully saturated rings. The summed E-state index contributed by atoms with van der Waals surface area (Å²) in [5, 5.41) is 0. The Balaban J connectivity index is 2.17. The maximum atomic E-state index is 13.7. The first-order valence-corrected chi connectivity index (χ1v) is 7.09. The highest BCUT2D eigenvalue weighted by molar-refractivity contribution is 9.10. The largest absolute Gasteiger partial charge is 0.494 e. The third-order valence-electron chi connectivity index (χ3n) is 2.83. The van der Waals surface area contributed by atoms with Crippen molar-refractivity contribution in [3.05, 3.63) is 63.9 Å². The van der Waals surface area contributed by atoms with Gasteiger partial charge < -0.3 is 4.74 Å². The Bertz CT molecular complexity index is 626. The van der Waals surface area contributed by atoms with Crippen LogP contribution in [0.4, 0.5) is 4.39 Å². The fourth-order valence-electron chi connectivity index (χ4n) is 1.87. The molecule has 0 aliphatic heterocycles. The van der Waals surface area contributed by atoms with Crippen molar-refractivity contribution in [2.75, 3.05) is 6.61 Å². The summed E-state index contributed by atoms with van der Waals surface area (Å²) in [6, 6.07) is 11.6. The van der Waals surface area contributed by atoms with Gasteiger partial charge in [0.15, 0.2) is 5.78 Å². The summed E-state index contributed by atoms with van der Waals surface area (Å²) in [6.45, 7) is 2.42. The molecule has 0 saturated heterocycles. The molecule has 0 unspecified atom stereocenters. The maximum Gasteiger partial charge on any atom is 0.167 e. The molecule has 0 amide bonds. The van der Waals surface area contributed by atoms with Gasteiger partial charge in [-0.05, 0) is 36.8 Å². The molecule has 0 bridgehead atoms. The van der Waals surface area contributed by atoms with Crippen molar-refractivity contribution in [3.8, 4) is 5.75 Å². The Hall–Kier alpha value is -1.68. The Labute approximate surface area is 125 Å². The van der Waals surface area contributed by atoms with E-state index < -0.39 is 0 Å². The average molecular weight is 337 g/mol. The van der Waals surface area contributed by atoms with Crippen LogP contribution in [0.2, 0.25) is 0 Å². The van der Waals surface area contributed by atoms with E-state index in [4.69, 9.17) is 4.74 Å². The van der Waals surface area contributed by atoms with Crippen molar-refractivity contribution < 1.29 is 13.9 Å². The van der Waals surface area contributed by atoms with Crippen LogP contribution in [0.5, 0.6) is 5.75 Å². The van der Waals surface area contributed by atoms with Gasteiger partial charge in [0.25, 0.3) is 0 Å². The molecule has 20 heavy (non-hydrogen) atoms. The minimum atomic E-state index is -0.381. The Kier molecular flexibility index (Phi) is 4.90. The summed E-state index contributed by atoms with van der Waals surface area (Å²) >= 11 is 3.19. The van der Waals surface area contributed by atoms with Crippen LogP contribution < -0.4 is 4.74 Å². The molecule has 0 radical (unpaired) electrons. The van der Waals surface area contributed by atoms with Gasteiger partial charge in [-0.2, -0.15) is 0 Å². The summed E-state index contributed by atoms with van der Waals surface area (Å²) < 4.78 is 19.7. The van der Waals surface area contributed by atoms with E-state index in [-0.39, 0.29) is 18.0 Å². The lowest BCUT2D eigenvalue weighted by Crippen LogP contribution is -2.05. The number of benzene rings is 2. The number of carbonyl (C=O) groups is 1. The first-order chi connectivity index (χ1) is 9.60. The maximum absolute atomic E-state index is 13.7. The summed E-state index contributed by atoms with van der Waals surface area (Å²) in [4.78, 5) is 12.2. The molecule has 0 N–H and O–H groups in total. The molecule has 0 heterocycles. The van der Waals surface area contributed by atoms with Crippen molar-refractivity contribution in [2.24, 2.45) is 0 Å². The molecule has 2 aromatic carbocycles.